The number of hydrogen-bond donors (Lipinski definition) is 0. The fourth-order valence-electron chi connectivity index (χ4n) is 3.21. The Hall–Kier alpha value is -1.69. The third-order valence-electron chi connectivity index (χ3n) is 4.37. The van der Waals surface area contributed by atoms with E-state index in [-0.39, 0.29) is 17.0 Å². The van der Waals surface area contributed by atoms with Gasteiger partial charge in [0.2, 0.25) is 0 Å². The SMILES string of the molecule is CC/C=C/C[P+](c1ccccc1)(c1ccccc1)c1ccccc1.[Br-]. The zero-order valence-corrected chi connectivity index (χ0v) is 17.0. The standard InChI is InChI=1S/C23H24P.BrH/c1-2-3-13-20-24(21-14-7-4-8-15-21,22-16-9-5-10-17-22)23-18-11-6-12-19-23;/h3-19H,2,20H2,1H3;1H/q+1;/p-1/b13-3+;. The lowest BCUT2D eigenvalue weighted by Gasteiger charge is -2.26. The Morgan fingerprint density at radius 3 is 1.28 bits per heavy atom. The second-order valence-electron chi connectivity index (χ2n) is 5.88. The summed E-state index contributed by atoms with van der Waals surface area (Å²) in [5.74, 6) is 0. The molecule has 0 aliphatic heterocycles. The Labute approximate surface area is 162 Å². The molecular weight excluding hydrogens is 387 g/mol. The normalized spacial score (nSPS) is 11.2. The van der Waals surface area contributed by atoms with Crippen LogP contribution in [0.25, 0.3) is 0 Å². The lowest BCUT2D eigenvalue weighted by Crippen LogP contribution is -3.00. The first-order valence-corrected chi connectivity index (χ1v) is 10.6. The van der Waals surface area contributed by atoms with Gasteiger partial charge in [0.05, 0.1) is 6.16 Å². The molecule has 0 N–H and O–H groups in total. The molecule has 3 aromatic carbocycles. The van der Waals surface area contributed by atoms with E-state index < -0.39 is 7.26 Å². The van der Waals surface area contributed by atoms with Crippen LogP contribution in [0.5, 0.6) is 0 Å². The number of hydrogen-bond acceptors (Lipinski definition) is 0. The average Bonchev–Trinajstić information content (AvgIpc) is 2.68. The van der Waals surface area contributed by atoms with Gasteiger partial charge < -0.3 is 17.0 Å². The Morgan fingerprint density at radius 1 is 0.600 bits per heavy atom. The van der Waals surface area contributed by atoms with Gasteiger partial charge in [0.25, 0.3) is 0 Å². The van der Waals surface area contributed by atoms with Crippen molar-refractivity contribution in [1.82, 2.24) is 0 Å². The monoisotopic (exact) mass is 410 g/mol. The van der Waals surface area contributed by atoms with Crippen molar-refractivity contribution < 1.29 is 17.0 Å². The molecule has 0 saturated carbocycles. The van der Waals surface area contributed by atoms with Crippen molar-refractivity contribution >= 4 is 23.2 Å². The number of benzene rings is 3. The van der Waals surface area contributed by atoms with Crippen molar-refractivity contribution in [3.8, 4) is 0 Å². The molecule has 3 aromatic rings. The van der Waals surface area contributed by atoms with Crippen LogP contribution < -0.4 is 32.9 Å². The van der Waals surface area contributed by atoms with E-state index in [0.717, 1.165) is 12.6 Å². The molecule has 0 aliphatic carbocycles. The van der Waals surface area contributed by atoms with Crippen molar-refractivity contribution in [2.75, 3.05) is 6.16 Å². The van der Waals surface area contributed by atoms with E-state index in [1.807, 2.05) is 0 Å². The van der Waals surface area contributed by atoms with E-state index >= 15 is 0 Å². The second-order valence-corrected chi connectivity index (χ2v) is 9.41. The molecule has 2 heteroatoms. The van der Waals surface area contributed by atoms with Gasteiger partial charge in [-0.1, -0.05) is 73.7 Å². The zero-order valence-electron chi connectivity index (χ0n) is 14.6. The van der Waals surface area contributed by atoms with Crippen LogP contribution in [0.1, 0.15) is 13.3 Å². The van der Waals surface area contributed by atoms with Crippen molar-refractivity contribution in [2.45, 2.75) is 13.3 Å². The lowest BCUT2D eigenvalue weighted by atomic mass is 10.4. The molecule has 0 unspecified atom stereocenters. The summed E-state index contributed by atoms with van der Waals surface area (Å²) in [5, 5.41) is 4.34. The Bertz CT molecular complexity index is 670. The fourth-order valence-corrected chi connectivity index (χ4v) is 7.25. The van der Waals surface area contributed by atoms with Gasteiger partial charge in [0.1, 0.15) is 23.2 Å². The van der Waals surface area contributed by atoms with Gasteiger partial charge in [-0.15, -0.1) is 0 Å². The van der Waals surface area contributed by atoms with Crippen LogP contribution in [-0.2, 0) is 0 Å². The molecule has 0 saturated heterocycles. The summed E-state index contributed by atoms with van der Waals surface area (Å²) in [7, 11) is -1.67. The molecule has 0 heterocycles. The highest BCUT2D eigenvalue weighted by Crippen LogP contribution is 2.55. The van der Waals surface area contributed by atoms with Crippen LogP contribution in [-0.4, -0.2) is 6.16 Å². The predicted molar refractivity (Wildman–Crippen MR) is 109 cm³/mol. The van der Waals surface area contributed by atoms with Crippen LogP contribution in [0.2, 0.25) is 0 Å². The molecule has 0 aromatic heterocycles. The Morgan fingerprint density at radius 2 is 0.960 bits per heavy atom. The molecule has 0 bridgehead atoms. The maximum absolute atomic E-state index is 2.38. The molecule has 25 heavy (non-hydrogen) atoms. The minimum Gasteiger partial charge on any atom is -1.00 e. The van der Waals surface area contributed by atoms with Crippen LogP contribution in [0.3, 0.4) is 0 Å². The summed E-state index contributed by atoms with van der Waals surface area (Å²) >= 11 is 0. The number of halogens is 1. The van der Waals surface area contributed by atoms with Crippen molar-refractivity contribution in [1.29, 1.82) is 0 Å². The molecule has 128 valence electrons. The van der Waals surface area contributed by atoms with Crippen LogP contribution >= 0.6 is 7.26 Å². The third kappa shape index (κ3) is 4.29. The summed E-state index contributed by atoms with van der Waals surface area (Å²) in [4.78, 5) is 0. The highest BCUT2D eigenvalue weighted by Gasteiger charge is 2.43. The highest BCUT2D eigenvalue weighted by molar-refractivity contribution is 7.95. The van der Waals surface area contributed by atoms with Gasteiger partial charge in [-0.2, -0.15) is 0 Å². The Balaban J connectivity index is 0.00000225. The molecule has 0 spiro atoms. The van der Waals surface area contributed by atoms with E-state index in [1.165, 1.54) is 15.9 Å². The molecular formula is C23H24BrP. The summed E-state index contributed by atoms with van der Waals surface area (Å²) in [6.07, 6.45) is 6.82. The topological polar surface area (TPSA) is 0 Å². The molecule has 0 amide bonds. The smallest absolute Gasteiger partial charge is 0.115 e. The van der Waals surface area contributed by atoms with E-state index in [0.29, 0.717) is 0 Å². The van der Waals surface area contributed by atoms with Gasteiger partial charge in [0, 0.05) is 0 Å². The molecule has 0 atom stereocenters. The van der Waals surface area contributed by atoms with Gasteiger partial charge in [-0.3, -0.25) is 0 Å². The zero-order chi connectivity index (χ0) is 16.7. The molecule has 3 rings (SSSR count). The van der Waals surface area contributed by atoms with E-state index in [4.69, 9.17) is 0 Å². The second kappa shape index (κ2) is 9.70. The maximum atomic E-state index is 2.38. The number of allylic oxidation sites excluding steroid dienone is 2. The van der Waals surface area contributed by atoms with Gasteiger partial charge in [-0.05, 0) is 42.8 Å². The molecule has 0 fully saturated rings. The van der Waals surface area contributed by atoms with Crippen molar-refractivity contribution in [2.24, 2.45) is 0 Å². The van der Waals surface area contributed by atoms with Gasteiger partial charge in [-0.25, -0.2) is 0 Å². The molecule has 0 aliphatic rings. The van der Waals surface area contributed by atoms with E-state index in [1.54, 1.807) is 0 Å². The van der Waals surface area contributed by atoms with E-state index in [2.05, 4.69) is 110 Å². The van der Waals surface area contributed by atoms with Gasteiger partial charge >= 0.3 is 0 Å². The molecule has 0 nitrogen and oxygen atoms in total. The first kappa shape index (κ1) is 19.6. The quantitative estimate of drug-likeness (QED) is 0.430. The largest absolute Gasteiger partial charge is 1.00 e. The predicted octanol–water partition coefficient (Wildman–Crippen LogP) is 1.95. The summed E-state index contributed by atoms with van der Waals surface area (Å²) in [6, 6.07) is 33.1. The highest BCUT2D eigenvalue weighted by atomic mass is 79.9. The fraction of sp³-hybridized carbons (Fsp3) is 0.130. The van der Waals surface area contributed by atoms with E-state index in [9.17, 15) is 0 Å². The van der Waals surface area contributed by atoms with Crippen molar-refractivity contribution in [3.63, 3.8) is 0 Å². The van der Waals surface area contributed by atoms with Crippen molar-refractivity contribution in [3.05, 3.63) is 103 Å². The van der Waals surface area contributed by atoms with Crippen LogP contribution in [0.4, 0.5) is 0 Å². The maximum Gasteiger partial charge on any atom is 0.115 e. The molecule has 0 radical (unpaired) electrons. The minimum absolute atomic E-state index is 0. The summed E-state index contributed by atoms with van der Waals surface area (Å²) in [6.45, 7) is 2.20. The van der Waals surface area contributed by atoms with Gasteiger partial charge in [0.15, 0.2) is 0 Å². The van der Waals surface area contributed by atoms with Crippen LogP contribution in [0, 0.1) is 0 Å². The van der Waals surface area contributed by atoms with Crippen LogP contribution in [0.15, 0.2) is 103 Å². The minimum atomic E-state index is -1.67. The summed E-state index contributed by atoms with van der Waals surface area (Å²) < 4.78 is 0. The first-order chi connectivity index (χ1) is 11.9. The first-order valence-electron chi connectivity index (χ1n) is 8.58. The summed E-state index contributed by atoms with van der Waals surface area (Å²) in [5.41, 5.74) is 0. The third-order valence-corrected chi connectivity index (χ3v) is 8.67. The average molecular weight is 411 g/mol. The lowest BCUT2D eigenvalue weighted by molar-refractivity contribution is -0.00000471. The Kier molecular flexibility index (Phi) is 7.62. The number of rotatable bonds is 6.